The summed E-state index contributed by atoms with van der Waals surface area (Å²) in [6.07, 6.45) is -10.4. The molecular formula is C11H17F3N2O4S. The highest BCUT2D eigenvalue weighted by atomic mass is 32.2. The highest BCUT2D eigenvalue weighted by Crippen LogP contribution is 2.43. The Kier molecular flexibility index (Phi) is 4.22. The van der Waals surface area contributed by atoms with Crippen molar-refractivity contribution in [3.8, 4) is 0 Å². The summed E-state index contributed by atoms with van der Waals surface area (Å²) in [7, 11) is 3.38. The molecule has 2 rings (SSSR count). The van der Waals surface area contributed by atoms with Crippen molar-refractivity contribution in [2.75, 3.05) is 14.1 Å². The van der Waals surface area contributed by atoms with Crippen molar-refractivity contribution < 1.29 is 33.2 Å². The van der Waals surface area contributed by atoms with E-state index >= 15 is 0 Å². The Balaban J connectivity index is 2.25. The zero-order chi connectivity index (χ0) is 16.2. The van der Waals surface area contributed by atoms with E-state index in [0.29, 0.717) is 12.1 Å². The average molecular weight is 330 g/mol. The van der Waals surface area contributed by atoms with Crippen LogP contribution in [0, 0.1) is 0 Å². The maximum absolute atomic E-state index is 12.9. The molecule has 0 aromatic rings. The minimum absolute atomic E-state index is 0.476. The van der Waals surface area contributed by atoms with Gasteiger partial charge in [0.25, 0.3) is 0 Å². The molecule has 0 radical (unpaired) electrons. The van der Waals surface area contributed by atoms with Gasteiger partial charge in [0.05, 0.1) is 0 Å². The maximum atomic E-state index is 12.9. The van der Waals surface area contributed by atoms with E-state index in [-0.39, 0.29) is 0 Å². The van der Waals surface area contributed by atoms with Crippen LogP contribution in [0.5, 0.6) is 0 Å². The molecule has 0 spiro atoms. The lowest BCUT2D eigenvalue weighted by Gasteiger charge is -2.44. The molecule has 21 heavy (non-hydrogen) atoms. The van der Waals surface area contributed by atoms with Gasteiger partial charge in [-0.2, -0.15) is 13.2 Å². The second-order valence-electron chi connectivity index (χ2n) is 5.47. The molecule has 10 heteroatoms. The minimum Gasteiger partial charge on any atom is -0.388 e. The summed E-state index contributed by atoms with van der Waals surface area (Å²) in [4.78, 5) is 5.75. The monoisotopic (exact) mass is 330 g/mol. The van der Waals surface area contributed by atoms with E-state index in [0.717, 1.165) is 11.8 Å². The number of ether oxygens (including phenoxy) is 1. The number of aliphatic hydroxyl groups is 3. The zero-order valence-corrected chi connectivity index (χ0v) is 12.4. The number of halogens is 3. The summed E-state index contributed by atoms with van der Waals surface area (Å²) < 4.78 is 43.9. The van der Waals surface area contributed by atoms with Gasteiger partial charge in [0, 0.05) is 14.1 Å². The molecule has 1 saturated heterocycles. The largest absolute Gasteiger partial charge is 0.419 e. The Morgan fingerprint density at radius 2 is 1.81 bits per heavy atom. The normalized spacial score (nSPS) is 39.5. The molecule has 122 valence electrons. The topological polar surface area (TPSA) is 85.5 Å². The molecule has 4 unspecified atom stereocenters. The van der Waals surface area contributed by atoms with E-state index in [1.807, 2.05) is 0 Å². The van der Waals surface area contributed by atoms with Crippen molar-refractivity contribution in [1.82, 2.24) is 4.90 Å². The van der Waals surface area contributed by atoms with Crippen LogP contribution >= 0.6 is 11.8 Å². The lowest BCUT2D eigenvalue weighted by molar-refractivity contribution is -0.317. The summed E-state index contributed by atoms with van der Waals surface area (Å²) in [5.41, 5.74) is -4.17. The van der Waals surface area contributed by atoms with Crippen LogP contribution in [-0.4, -0.2) is 81.0 Å². The number of amidine groups is 1. The third-order valence-electron chi connectivity index (χ3n) is 3.56. The number of fused-ring (bicyclic) bond motifs is 1. The molecule has 0 saturated carbocycles. The number of alkyl halides is 3. The molecule has 6 nitrogen and oxygen atoms in total. The molecule has 3 N–H and O–H groups in total. The molecule has 2 aliphatic heterocycles. The Morgan fingerprint density at radius 3 is 2.29 bits per heavy atom. The van der Waals surface area contributed by atoms with E-state index in [1.165, 1.54) is 0 Å². The van der Waals surface area contributed by atoms with Gasteiger partial charge in [-0.05, 0) is 6.92 Å². The molecule has 0 aliphatic carbocycles. The predicted octanol–water partition coefficient (Wildman–Crippen LogP) is -0.221. The Labute approximate surface area is 123 Å². The van der Waals surface area contributed by atoms with E-state index in [2.05, 4.69) is 4.99 Å². The molecule has 0 bridgehead atoms. The van der Waals surface area contributed by atoms with Crippen LogP contribution in [0.4, 0.5) is 13.2 Å². The van der Waals surface area contributed by atoms with Crippen molar-refractivity contribution in [1.29, 1.82) is 0 Å². The molecule has 0 amide bonds. The minimum atomic E-state index is -5.00. The highest BCUT2D eigenvalue weighted by molar-refractivity contribution is 8.14. The fourth-order valence-corrected chi connectivity index (χ4v) is 3.33. The van der Waals surface area contributed by atoms with Gasteiger partial charge >= 0.3 is 6.18 Å². The van der Waals surface area contributed by atoms with Crippen molar-refractivity contribution in [3.05, 3.63) is 0 Å². The van der Waals surface area contributed by atoms with Crippen LogP contribution in [0.15, 0.2) is 4.99 Å². The van der Waals surface area contributed by atoms with Gasteiger partial charge in [-0.1, -0.05) is 11.8 Å². The van der Waals surface area contributed by atoms with Gasteiger partial charge in [-0.25, -0.2) is 0 Å². The highest BCUT2D eigenvalue weighted by Gasteiger charge is 2.62. The molecule has 1 fully saturated rings. The number of hydrogen-bond acceptors (Lipinski definition) is 7. The fraction of sp³-hybridized carbons (Fsp3) is 0.909. The molecule has 0 aromatic heterocycles. The van der Waals surface area contributed by atoms with Crippen molar-refractivity contribution in [3.63, 3.8) is 0 Å². The van der Waals surface area contributed by atoms with Crippen LogP contribution in [0.25, 0.3) is 0 Å². The first-order valence-corrected chi connectivity index (χ1v) is 7.07. The van der Waals surface area contributed by atoms with Crippen LogP contribution in [0.3, 0.4) is 0 Å². The number of nitrogens with zero attached hydrogens (tertiary/aromatic N) is 2. The lowest BCUT2D eigenvalue weighted by Crippen LogP contribution is -2.66. The molecular weight excluding hydrogens is 313 g/mol. The quantitative estimate of drug-likeness (QED) is 0.616. The number of hydrogen-bond donors (Lipinski definition) is 3. The standard InChI is InChI=1S/C11H17F3N2O4S/c1-10(19,11(12,13)14)7-6(18)5(17)4-8(20-7)21-9(15-4)16(2)3/h4-8,17-19H,1-3H3/t4?,5?,6?,7?,8-,10+/m1/s1. The third-order valence-corrected chi connectivity index (χ3v) is 4.86. The molecule has 6 atom stereocenters. The first kappa shape index (κ1) is 16.8. The van der Waals surface area contributed by atoms with Crippen LogP contribution in [-0.2, 0) is 4.74 Å². The Bertz CT molecular complexity index is 444. The summed E-state index contributed by atoms with van der Waals surface area (Å²) in [5.74, 6) is 0. The summed E-state index contributed by atoms with van der Waals surface area (Å²) in [6.45, 7) is 0.515. The second kappa shape index (κ2) is 5.27. The SMILES string of the molecule is CN(C)C1=NC2C(O)C(O)C([C@](C)(O)C(F)(F)F)O[C@@H]2S1. The van der Waals surface area contributed by atoms with Crippen LogP contribution in [0.2, 0.25) is 0 Å². The average Bonchev–Trinajstić information content (AvgIpc) is 2.76. The van der Waals surface area contributed by atoms with Gasteiger partial charge in [0.1, 0.15) is 29.8 Å². The second-order valence-corrected chi connectivity index (χ2v) is 6.53. The maximum Gasteiger partial charge on any atom is 0.419 e. The van der Waals surface area contributed by atoms with Gasteiger partial charge in [0.2, 0.25) is 0 Å². The van der Waals surface area contributed by atoms with Crippen molar-refractivity contribution in [2.24, 2.45) is 4.99 Å². The first-order chi connectivity index (χ1) is 9.46. The Morgan fingerprint density at radius 1 is 1.24 bits per heavy atom. The zero-order valence-electron chi connectivity index (χ0n) is 11.6. The van der Waals surface area contributed by atoms with Crippen molar-refractivity contribution in [2.45, 2.75) is 48.5 Å². The molecule has 2 aliphatic rings. The van der Waals surface area contributed by atoms with Crippen LogP contribution < -0.4 is 0 Å². The van der Waals surface area contributed by atoms with Gasteiger partial charge < -0.3 is 25.0 Å². The Hall–Kier alpha value is -0.550. The van der Waals surface area contributed by atoms with Crippen LogP contribution in [0.1, 0.15) is 6.92 Å². The first-order valence-electron chi connectivity index (χ1n) is 6.19. The summed E-state index contributed by atoms with van der Waals surface area (Å²) >= 11 is 1.04. The van der Waals surface area contributed by atoms with Gasteiger partial charge in [0.15, 0.2) is 10.8 Å². The molecule has 0 aromatic carbocycles. The predicted molar refractivity (Wildman–Crippen MR) is 69.9 cm³/mol. The smallest absolute Gasteiger partial charge is 0.388 e. The number of rotatable bonds is 1. The fourth-order valence-electron chi connectivity index (χ4n) is 2.19. The number of aliphatic hydroxyl groups excluding tert-OH is 2. The lowest BCUT2D eigenvalue weighted by atomic mass is 9.87. The summed E-state index contributed by atoms with van der Waals surface area (Å²) in [6, 6.07) is -0.873. The van der Waals surface area contributed by atoms with E-state index in [1.54, 1.807) is 19.0 Å². The third kappa shape index (κ3) is 2.74. The van der Waals surface area contributed by atoms with E-state index < -0.39 is 41.6 Å². The number of thioether (sulfide) groups is 1. The van der Waals surface area contributed by atoms with Gasteiger partial charge in [-0.15, -0.1) is 0 Å². The number of aliphatic imine (C=N–C) groups is 1. The van der Waals surface area contributed by atoms with Gasteiger partial charge in [-0.3, -0.25) is 4.99 Å². The van der Waals surface area contributed by atoms with Crippen molar-refractivity contribution >= 4 is 16.9 Å². The van der Waals surface area contributed by atoms with E-state index in [9.17, 15) is 28.5 Å². The molecule has 2 heterocycles. The summed E-state index contributed by atoms with van der Waals surface area (Å²) in [5, 5.41) is 30.0. The van der Waals surface area contributed by atoms with E-state index in [4.69, 9.17) is 4.74 Å².